The summed E-state index contributed by atoms with van der Waals surface area (Å²) in [4.78, 5) is 15.7. The van der Waals surface area contributed by atoms with Crippen molar-refractivity contribution in [1.29, 1.82) is 0 Å². The molecule has 5 heteroatoms. The van der Waals surface area contributed by atoms with Gasteiger partial charge in [-0.05, 0) is 41.8 Å². The van der Waals surface area contributed by atoms with Crippen LogP contribution in [0.15, 0.2) is 24.5 Å². The summed E-state index contributed by atoms with van der Waals surface area (Å²) in [5.74, 6) is 0.993. The maximum absolute atomic E-state index is 11.6. The number of nitrogens with zero attached hydrogens (tertiary/aromatic N) is 1. The van der Waals surface area contributed by atoms with E-state index in [4.69, 9.17) is 11.6 Å². The van der Waals surface area contributed by atoms with Crippen LogP contribution in [0.5, 0.6) is 0 Å². The zero-order chi connectivity index (χ0) is 10.7. The SMILES string of the molecule is Cl.O=C(Cl)C1(c2cccnc2)CCCCS1. The van der Waals surface area contributed by atoms with Gasteiger partial charge in [0.05, 0.1) is 0 Å². The van der Waals surface area contributed by atoms with E-state index < -0.39 is 4.75 Å². The second kappa shape index (κ2) is 5.89. The third-order valence-corrected chi connectivity index (χ3v) is 4.76. The molecule has 1 aromatic rings. The molecule has 0 N–H and O–H groups in total. The van der Waals surface area contributed by atoms with Gasteiger partial charge in [0.2, 0.25) is 5.24 Å². The highest BCUT2D eigenvalue weighted by atomic mass is 35.5. The van der Waals surface area contributed by atoms with Crippen LogP contribution in [0.2, 0.25) is 0 Å². The maximum Gasteiger partial charge on any atom is 0.242 e. The molecule has 2 nitrogen and oxygen atoms in total. The first-order valence-electron chi connectivity index (χ1n) is 5.00. The Morgan fingerprint density at radius 3 is 2.81 bits per heavy atom. The number of hydrogen-bond donors (Lipinski definition) is 0. The second-order valence-corrected chi connectivity index (χ2v) is 5.39. The van der Waals surface area contributed by atoms with Crippen LogP contribution in [0.4, 0.5) is 0 Å². The molecule has 1 unspecified atom stereocenters. The molecule has 0 amide bonds. The smallest absolute Gasteiger partial charge is 0.242 e. The quantitative estimate of drug-likeness (QED) is 0.777. The number of hydrogen-bond acceptors (Lipinski definition) is 3. The molecule has 0 aromatic carbocycles. The molecule has 0 radical (unpaired) electrons. The number of carbonyl (C=O) groups excluding carboxylic acids is 1. The van der Waals surface area contributed by atoms with Crippen LogP contribution < -0.4 is 0 Å². The van der Waals surface area contributed by atoms with Crippen molar-refractivity contribution in [2.75, 3.05) is 5.75 Å². The molecule has 2 heterocycles. The van der Waals surface area contributed by atoms with Gasteiger partial charge in [0, 0.05) is 12.4 Å². The Morgan fingerprint density at radius 1 is 1.50 bits per heavy atom. The fourth-order valence-electron chi connectivity index (χ4n) is 1.89. The molecule has 16 heavy (non-hydrogen) atoms. The van der Waals surface area contributed by atoms with E-state index in [1.54, 1.807) is 24.2 Å². The molecular formula is C11H13Cl2NOS. The highest BCUT2D eigenvalue weighted by Crippen LogP contribution is 2.46. The molecule has 0 bridgehead atoms. The fourth-order valence-corrected chi connectivity index (χ4v) is 3.65. The average molecular weight is 278 g/mol. The number of thioether (sulfide) groups is 1. The van der Waals surface area contributed by atoms with Crippen LogP contribution in [0, 0.1) is 0 Å². The molecule has 1 aromatic heterocycles. The number of carbonyl (C=O) groups is 1. The van der Waals surface area contributed by atoms with Gasteiger partial charge < -0.3 is 0 Å². The average Bonchev–Trinajstić information content (AvgIpc) is 2.31. The third-order valence-electron chi connectivity index (χ3n) is 2.72. The van der Waals surface area contributed by atoms with Gasteiger partial charge in [-0.15, -0.1) is 24.2 Å². The van der Waals surface area contributed by atoms with Gasteiger partial charge in [-0.3, -0.25) is 9.78 Å². The first-order valence-corrected chi connectivity index (χ1v) is 6.36. The predicted molar refractivity (Wildman–Crippen MR) is 70.3 cm³/mol. The van der Waals surface area contributed by atoms with Gasteiger partial charge >= 0.3 is 0 Å². The van der Waals surface area contributed by atoms with E-state index in [2.05, 4.69) is 4.98 Å². The summed E-state index contributed by atoms with van der Waals surface area (Å²) in [7, 11) is 0. The minimum absolute atomic E-state index is 0. The van der Waals surface area contributed by atoms with Gasteiger partial charge in [-0.25, -0.2) is 0 Å². The van der Waals surface area contributed by atoms with Crippen LogP contribution in [-0.2, 0) is 9.54 Å². The zero-order valence-electron chi connectivity index (χ0n) is 8.69. The lowest BCUT2D eigenvalue weighted by Gasteiger charge is -2.33. The second-order valence-electron chi connectivity index (χ2n) is 3.65. The topological polar surface area (TPSA) is 30.0 Å². The largest absolute Gasteiger partial charge is 0.279 e. The summed E-state index contributed by atoms with van der Waals surface area (Å²) in [6.07, 6.45) is 6.50. The summed E-state index contributed by atoms with van der Waals surface area (Å²) < 4.78 is -0.548. The van der Waals surface area contributed by atoms with Crippen molar-refractivity contribution in [3.05, 3.63) is 30.1 Å². The zero-order valence-corrected chi connectivity index (χ0v) is 11.1. The van der Waals surface area contributed by atoms with Crippen molar-refractivity contribution < 1.29 is 4.79 Å². The molecule has 0 aliphatic carbocycles. The van der Waals surface area contributed by atoms with Crippen LogP contribution in [0.1, 0.15) is 24.8 Å². The predicted octanol–water partition coefficient (Wildman–Crippen LogP) is 3.38. The van der Waals surface area contributed by atoms with Crippen LogP contribution in [-0.4, -0.2) is 16.0 Å². The minimum atomic E-state index is -0.548. The van der Waals surface area contributed by atoms with Crippen LogP contribution >= 0.6 is 35.8 Å². The number of rotatable bonds is 2. The summed E-state index contributed by atoms with van der Waals surface area (Å²) >= 11 is 7.41. The molecule has 1 aliphatic rings. The Morgan fingerprint density at radius 2 is 2.31 bits per heavy atom. The normalized spacial score (nSPS) is 24.6. The van der Waals surface area contributed by atoms with E-state index in [0.29, 0.717) is 0 Å². The lowest BCUT2D eigenvalue weighted by Crippen LogP contribution is -2.32. The third kappa shape index (κ3) is 2.53. The Bertz CT molecular complexity index is 352. The summed E-state index contributed by atoms with van der Waals surface area (Å²) in [6.45, 7) is 0. The van der Waals surface area contributed by atoms with E-state index in [1.165, 1.54) is 0 Å². The Balaban J connectivity index is 0.00000128. The molecule has 1 aliphatic heterocycles. The molecule has 1 saturated heterocycles. The monoisotopic (exact) mass is 277 g/mol. The van der Waals surface area contributed by atoms with Crippen LogP contribution in [0.25, 0.3) is 0 Å². The molecule has 0 saturated carbocycles. The Labute approximate surface area is 111 Å². The highest BCUT2D eigenvalue weighted by molar-refractivity contribution is 8.01. The van der Waals surface area contributed by atoms with Crippen molar-refractivity contribution in [3.8, 4) is 0 Å². The molecule has 1 atom stereocenters. The van der Waals surface area contributed by atoms with Crippen molar-refractivity contribution in [2.24, 2.45) is 0 Å². The molecule has 88 valence electrons. The van der Waals surface area contributed by atoms with Gasteiger partial charge in [-0.2, -0.15) is 0 Å². The van der Waals surface area contributed by atoms with E-state index in [1.807, 2.05) is 12.1 Å². The van der Waals surface area contributed by atoms with Gasteiger partial charge in [-0.1, -0.05) is 12.5 Å². The van der Waals surface area contributed by atoms with E-state index >= 15 is 0 Å². The molecule has 1 fully saturated rings. The standard InChI is InChI=1S/C11H12ClNOS.ClH/c12-10(14)11(5-1-2-7-15-11)9-4-3-6-13-8-9;/h3-4,6,8H,1-2,5,7H2;1H. The van der Waals surface area contributed by atoms with Gasteiger partial charge in [0.25, 0.3) is 0 Å². The Kier molecular flexibility index (Phi) is 5.09. The molecule has 2 rings (SSSR count). The van der Waals surface area contributed by atoms with Gasteiger partial charge in [0.1, 0.15) is 4.75 Å². The van der Waals surface area contributed by atoms with Crippen LogP contribution in [0.3, 0.4) is 0 Å². The first-order chi connectivity index (χ1) is 7.26. The van der Waals surface area contributed by atoms with E-state index in [-0.39, 0.29) is 17.6 Å². The summed E-state index contributed by atoms with van der Waals surface area (Å²) in [5.41, 5.74) is 0.940. The Hall–Kier alpha value is -0.250. The summed E-state index contributed by atoms with van der Waals surface area (Å²) in [5, 5.41) is -0.264. The number of halogens is 2. The summed E-state index contributed by atoms with van der Waals surface area (Å²) in [6, 6.07) is 3.79. The van der Waals surface area contributed by atoms with E-state index in [9.17, 15) is 4.79 Å². The van der Waals surface area contributed by atoms with Gasteiger partial charge in [0.15, 0.2) is 0 Å². The molecular weight excluding hydrogens is 265 g/mol. The minimum Gasteiger partial charge on any atom is -0.279 e. The fraction of sp³-hybridized carbons (Fsp3) is 0.455. The van der Waals surface area contributed by atoms with Crippen molar-refractivity contribution >= 4 is 41.0 Å². The molecule has 0 spiro atoms. The number of pyridine rings is 1. The number of aromatic nitrogens is 1. The van der Waals surface area contributed by atoms with E-state index in [0.717, 1.165) is 30.6 Å². The van der Waals surface area contributed by atoms with Crippen molar-refractivity contribution in [3.63, 3.8) is 0 Å². The lowest BCUT2D eigenvalue weighted by molar-refractivity contribution is -0.114. The maximum atomic E-state index is 11.6. The van der Waals surface area contributed by atoms with Crippen molar-refractivity contribution in [1.82, 2.24) is 4.98 Å². The first kappa shape index (κ1) is 13.8. The lowest BCUT2D eigenvalue weighted by atomic mass is 9.94. The van der Waals surface area contributed by atoms with Crippen molar-refractivity contribution in [2.45, 2.75) is 24.0 Å². The highest BCUT2D eigenvalue weighted by Gasteiger charge is 2.41.